The number of hydrogen-bond donors (Lipinski definition) is 1. The van der Waals surface area contributed by atoms with Crippen LogP contribution in [0.2, 0.25) is 0 Å². The quantitative estimate of drug-likeness (QED) is 0.890. The first kappa shape index (κ1) is 13.1. The molecule has 2 atom stereocenters. The third kappa shape index (κ3) is 2.30. The van der Waals surface area contributed by atoms with Gasteiger partial charge in [-0.15, -0.1) is 0 Å². The van der Waals surface area contributed by atoms with Crippen LogP contribution < -0.4 is 5.32 Å². The summed E-state index contributed by atoms with van der Waals surface area (Å²) in [5.41, 5.74) is 0.828. The lowest BCUT2D eigenvalue weighted by Crippen LogP contribution is -2.46. The van der Waals surface area contributed by atoms with Crippen LogP contribution in [0, 0.1) is 12.8 Å². The van der Waals surface area contributed by atoms with Crippen molar-refractivity contribution in [2.24, 2.45) is 5.92 Å². The summed E-state index contributed by atoms with van der Waals surface area (Å²) in [6, 6.07) is 7.76. The molecule has 19 heavy (non-hydrogen) atoms. The van der Waals surface area contributed by atoms with Gasteiger partial charge in [0, 0.05) is 19.1 Å². The van der Waals surface area contributed by atoms with Crippen LogP contribution in [0.15, 0.2) is 29.2 Å². The first-order chi connectivity index (χ1) is 9.09. The molecule has 2 aliphatic heterocycles. The number of sulfonamides is 1. The molecule has 0 amide bonds. The summed E-state index contributed by atoms with van der Waals surface area (Å²) < 4.78 is 27.1. The van der Waals surface area contributed by atoms with E-state index in [1.807, 2.05) is 19.1 Å². The van der Waals surface area contributed by atoms with Crippen LogP contribution >= 0.6 is 0 Å². The second kappa shape index (κ2) is 4.89. The van der Waals surface area contributed by atoms with Crippen LogP contribution in [0.3, 0.4) is 0 Å². The molecule has 2 aliphatic rings. The third-order valence-electron chi connectivity index (χ3n) is 4.33. The van der Waals surface area contributed by atoms with Crippen LogP contribution in [0.1, 0.15) is 18.4 Å². The summed E-state index contributed by atoms with van der Waals surface area (Å²) in [7, 11) is -3.33. The Labute approximate surface area is 114 Å². The Morgan fingerprint density at radius 2 is 2.05 bits per heavy atom. The molecule has 2 fully saturated rings. The van der Waals surface area contributed by atoms with Crippen molar-refractivity contribution in [3.63, 3.8) is 0 Å². The number of benzene rings is 1. The zero-order valence-electron chi connectivity index (χ0n) is 11.2. The highest BCUT2D eigenvalue weighted by Crippen LogP contribution is 2.29. The number of aryl methyl sites for hydroxylation is 1. The predicted molar refractivity (Wildman–Crippen MR) is 74.5 cm³/mol. The molecular formula is C14H20N2O2S. The second-order valence-corrected chi connectivity index (χ2v) is 7.43. The average molecular weight is 280 g/mol. The topological polar surface area (TPSA) is 49.4 Å². The van der Waals surface area contributed by atoms with Crippen molar-refractivity contribution in [2.45, 2.75) is 30.7 Å². The zero-order chi connectivity index (χ0) is 13.5. The Bertz CT molecular complexity index is 571. The molecule has 4 nitrogen and oxygen atoms in total. The summed E-state index contributed by atoms with van der Waals surface area (Å²) in [5.74, 6) is 0.479. The van der Waals surface area contributed by atoms with Crippen LogP contribution in [-0.4, -0.2) is 38.4 Å². The largest absolute Gasteiger partial charge is 0.314 e. The average Bonchev–Trinajstić information content (AvgIpc) is 2.86. The highest BCUT2D eigenvalue weighted by molar-refractivity contribution is 7.89. The van der Waals surface area contributed by atoms with Crippen molar-refractivity contribution < 1.29 is 8.42 Å². The molecule has 0 saturated carbocycles. The molecule has 2 unspecified atom stereocenters. The maximum atomic E-state index is 12.7. The van der Waals surface area contributed by atoms with E-state index in [9.17, 15) is 8.42 Å². The zero-order valence-corrected chi connectivity index (χ0v) is 12.0. The van der Waals surface area contributed by atoms with Crippen molar-refractivity contribution in [3.05, 3.63) is 29.8 Å². The van der Waals surface area contributed by atoms with Crippen molar-refractivity contribution in [3.8, 4) is 0 Å². The number of nitrogens with one attached hydrogen (secondary N) is 1. The summed E-state index contributed by atoms with van der Waals surface area (Å²) >= 11 is 0. The van der Waals surface area contributed by atoms with E-state index in [0.717, 1.165) is 24.9 Å². The predicted octanol–water partition coefficient (Wildman–Crippen LogP) is 1.37. The van der Waals surface area contributed by atoms with E-state index in [2.05, 4.69) is 5.32 Å². The summed E-state index contributed by atoms with van der Waals surface area (Å²) in [4.78, 5) is 0.458. The first-order valence-electron chi connectivity index (χ1n) is 6.88. The van der Waals surface area contributed by atoms with E-state index in [1.165, 1.54) is 0 Å². The molecule has 1 aromatic carbocycles. The maximum absolute atomic E-state index is 12.7. The van der Waals surface area contributed by atoms with E-state index in [4.69, 9.17) is 0 Å². The lowest BCUT2D eigenvalue weighted by Gasteiger charge is -2.34. The molecule has 0 radical (unpaired) electrons. The fraction of sp³-hybridized carbons (Fsp3) is 0.571. The second-order valence-electron chi connectivity index (χ2n) is 5.53. The minimum Gasteiger partial charge on any atom is -0.314 e. The van der Waals surface area contributed by atoms with Gasteiger partial charge in [-0.2, -0.15) is 4.31 Å². The first-order valence-corrected chi connectivity index (χ1v) is 8.32. The smallest absolute Gasteiger partial charge is 0.243 e. The van der Waals surface area contributed by atoms with Gasteiger partial charge in [0.05, 0.1) is 4.90 Å². The van der Waals surface area contributed by atoms with Gasteiger partial charge >= 0.3 is 0 Å². The molecule has 3 rings (SSSR count). The molecule has 2 saturated heterocycles. The summed E-state index contributed by atoms with van der Waals surface area (Å²) in [5, 5.41) is 3.46. The van der Waals surface area contributed by atoms with E-state index in [1.54, 1.807) is 16.4 Å². The molecular weight excluding hydrogens is 260 g/mol. The number of piperidine rings is 1. The van der Waals surface area contributed by atoms with Gasteiger partial charge in [0.1, 0.15) is 0 Å². The van der Waals surface area contributed by atoms with Gasteiger partial charge in [-0.1, -0.05) is 18.2 Å². The highest BCUT2D eigenvalue weighted by Gasteiger charge is 2.37. The number of hydrogen-bond acceptors (Lipinski definition) is 3. The van der Waals surface area contributed by atoms with Gasteiger partial charge in [-0.25, -0.2) is 8.42 Å². The number of fused-ring (bicyclic) bond motifs is 1. The monoisotopic (exact) mass is 280 g/mol. The van der Waals surface area contributed by atoms with E-state index in [0.29, 0.717) is 29.9 Å². The summed E-state index contributed by atoms with van der Waals surface area (Å²) in [6.07, 6.45) is 2.01. The Morgan fingerprint density at radius 1 is 1.26 bits per heavy atom. The molecule has 104 valence electrons. The SMILES string of the molecule is Cc1ccccc1S(=O)(=O)N1CCC2NCCC2C1. The van der Waals surface area contributed by atoms with Gasteiger partial charge in [0.2, 0.25) is 10.0 Å². The molecule has 0 aromatic heterocycles. The number of nitrogens with zero attached hydrogens (tertiary/aromatic N) is 1. The summed E-state index contributed by atoms with van der Waals surface area (Å²) in [6.45, 7) is 4.17. The van der Waals surface area contributed by atoms with Crippen molar-refractivity contribution in [1.29, 1.82) is 0 Å². The number of rotatable bonds is 2. The van der Waals surface area contributed by atoms with E-state index < -0.39 is 10.0 Å². The molecule has 0 aliphatic carbocycles. The Kier molecular flexibility index (Phi) is 3.37. The highest BCUT2D eigenvalue weighted by atomic mass is 32.2. The molecule has 1 N–H and O–H groups in total. The minimum absolute atomic E-state index is 0.458. The van der Waals surface area contributed by atoms with Crippen molar-refractivity contribution in [1.82, 2.24) is 9.62 Å². The molecule has 0 bridgehead atoms. The Hall–Kier alpha value is -0.910. The molecule has 2 heterocycles. The third-order valence-corrected chi connectivity index (χ3v) is 6.36. The van der Waals surface area contributed by atoms with E-state index in [-0.39, 0.29) is 0 Å². The van der Waals surface area contributed by atoms with Crippen LogP contribution in [-0.2, 0) is 10.0 Å². The van der Waals surface area contributed by atoms with Crippen molar-refractivity contribution in [2.75, 3.05) is 19.6 Å². The molecule has 1 aromatic rings. The lowest BCUT2D eigenvalue weighted by molar-refractivity contribution is 0.247. The van der Waals surface area contributed by atoms with Gasteiger partial charge in [-0.3, -0.25) is 0 Å². The standard InChI is InChI=1S/C14H20N2O2S/c1-11-4-2-3-5-14(11)19(17,18)16-9-7-13-12(10-16)6-8-15-13/h2-5,12-13,15H,6-10H2,1H3. The van der Waals surface area contributed by atoms with Gasteiger partial charge < -0.3 is 5.32 Å². The minimum atomic E-state index is -3.33. The Morgan fingerprint density at radius 3 is 2.84 bits per heavy atom. The van der Waals surface area contributed by atoms with Crippen LogP contribution in [0.5, 0.6) is 0 Å². The van der Waals surface area contributed by atoms with Gasteiger partial charge in [0.25, 0.3) is 0 Å². The van der Waals surface area contributed by atoms with Crippen LogP contribution in [0.4, 0.5) is 0 Å². The fourth-order valence-corrected chi connectivity index (χ4v) is 4.95. The van der Waals surface area contributed by atoms with E-state index >= 15 is 0 Å². The fourth-order valence-electron chi connectivity index (χ4n) is 3.22. The molecule has 5 heteroatoms. The normalized spacial score (nSPS) is 28.3. The van der Waals surface area contributed by atoms with Crippen molar-refractivity contribution >= 4 is 10.0 Å². The molecule has 0 spiro atoms. The maximum Gasteiger partial charge on any atom is 0.243 e. The van der Waals surface area contributed by atoms with Crippen LogP contribution in [0.25, 0.3) is 0 Å². The van der Waals surface area contributed by atoms with Gasteiger partial charge in [-0.05, 0) is 43.9 Å². The Balaban J connectivity index is 1.87. The van der Waals surface area contributed by atoms with Gasteiger partial charge in [0.15, 0.2) is 0 Å². The lowest BCUT2D eigenvalue weighted by atomic mass is 9.95.